The predicted molar refractivity (Wildman–Crippen MR) is 133 cm³/mol. The zero-order valence-electron chi connectivity index (χ0n) is 19.8. The third-order valence-electron chi connectivity index (χ3n) is 7.25. The molecule has 0 bridgehead atoms. The van der Waals surface area contributed by atoms with E-state index in [9.17, 15) is 23.1 Å². The fraction of sp³-hybridized carbons (Fsp3) is 0.500. The number of rotatable bonds is 9. The number of carbonyl (C=O) groups is 2. The molecule has 190 valence electrons. The van der Waals surface area contributed by atoms with Crippen LogP contribution in [0.15, 0.2) is 36.4 Å². The predicted octanol–water partition coefficient (Wildman–Crippen LogP) is 1.57. The molecule has 2 heterocycles. The van der Waals surface area contributed by atoms with E-state index in [1.165, 1.54) is 13.8 Å². The van der Waals surface area contributed by atoms with Crippen molar-refractivity contribution in [1.29, 1.82) is 0 Å². The van der Waals surface area contributed by atoms with Crippen molar-refractivity contribution in [3.8, 4) is 0 Å². The van der Waals surface area contributed by atoms with Crippen molar-refractivity contribution in [1.82, 2.24) is 14.8 Å². The topological polar surface area (TPSA) is 135 Å². The molecular formula is C24H31ClN4O5S. The molecule has 0 unspecified atom stereocenters. The van der Waals surface area contributed by atoms with Gasteiger partial charge in [-0.2, -0.15) is 0 Å². The van der Waals surface area contributed by atoms with Crippen LogP contribution < -0.4 is 11.1 Å². The highest BCUT2D eigenvalue weighted by Gasteiger charge is 2.62. The molecule has 1 fully saturated rings. The van der Waals surface area contributed by atoms with E-state index in [-0.39, 0.29) is 31.4 Å². The number of hydrogen-bond acceptors (Lipinski definition) is 6. The Balaban J connectivity index is 1.47. The standard InChI is InChI=1S/C24H31ClN4O5S/c1-23(2,20(30)13-26)35(33,34)24(9-10-24)15-28-11-12-29-18(7-8-19(29)22(28)32)21(31)27-14-16-3-5-17(25)6-4-16/h3-8,20,30H,9-15,26H2,1-2H3,(H,27,31)/t20-/m0/s1. The van der Waals surface area contributed by atoms with Crippen molar-refractivity contribution in [2.24, 2.45) is 5.73 Å². The summed E-state index contributed by atoms with van der Waals surface area (Å²) in [6, 6.07) is 10.4. The molecule has 9 nitrogen and oxygen atoms in total. The van der Waals surface area contributed by atoms with Gasteiger partial charge in [0.05, 0.1) is 15.6 Å². The van der Waals surface area contributed by atoms with Gasteiger partial charge in [-0.3, -0.25) is 9.59 Å². The van der Waals surface area contributed by atoms with Crippen molar-refractivity contribution in [3.63, 3.8) is 0 Å². The van der Waals surface area contributed by atoms with Crippen LogP contribution in [0.5, 0.6) is 0 Å². The summed E-state index contributed by atoms with van der Waals surface area (Å²) in [7, 11) is -3.79. The highest BCUT2D eigenvalue weighted by molar-refractivity contribution is 7.94. The van der Waals surface area contributed by atoms with E-state index in [1.807, 2.05) is 12.1 Å². The van der Waals surface area contributed by atoms with E-state index in [1.54, 1.807) is 33.7 Å². The van der Waals surface area contributed by atoms with E-state index < -0.39 is 25.4 Å². The Morgan fingerprint density at radius 1 is 1.20 bits per heavy atom. The highest BCUT2D eigenvalue weighted by atomic mass is 35.5. The number of aliphatic hydroxyl groups is 1. The lowest BCUT2D eigenvalue weighted by Gasteiger charge is -2.37. The van der Waals surface area contributed by atoms with E-state index in [2.05, 4.69) is 5.32 Å². The number of nitrogens with zero attached hydrogens (tertiary/aromatic N) is 2. The highest BCUT2D eigenvalue weighted by Crippen LogP contribution is 2.49. The van der Waals surface area contributed by atoms with Crippen LogP contribution in [-0.2, 0) is 22.9 Å². The molecule has 35 heavy (non-hydrogen) atoms. The SMILES string of the molecule is CC(C)([C@@H](O)CN)S(=O)(=O)C1(CN2CCn3c(C(=O)NCc4ccc(Cl)cc4)ccc3C2=O)CC1. The van der Waals surface area contributed by atoms with Gasteiger partial charge in [0, 0.05) is 37.7 Å². The monoisotopic (exact) mass is 522 g/mol. The van der Waals surface area contributed by atoms with Crippen molar-refractivity contribution < 1.29 is 23.1 Å². The molecule has 11 heteroatoms. The van der Waals surface area contributed by atoms with Crippen molar-refractivity contribution >= 4 is 33.3 Å². The van der Waals surface area contributed by atoms with Crippen LogP contribution in [-0.4, -0.2) is 70.0 Å². The van der Waals surface area contributed by atoms with Crippen molar-refractivity contribution in [2.75, 3.05) is 19.6 Å². The van der Waals surface area contributed by atoms with E-state index in [0.29, 0.717) is 42.3 Å². The zero-order valence-corrected chi connectivity index (χ0v) is 21.4. The number of sulfone groups is 1. The minimum Gasteiger partial charge on any atom is -0.390 e. The van der Waals surface area contributed by atoms with Crippen LogP contribution in [0.25, 0.3) is 0 Å². The quantitative estimate of drug-likeness (QED) is 0.457. The molecule has 0 saturated heterocycles. The first-order valence-electron chi connectivity index (χ1n) is 11.6. The summed E-state index contributed by atoms with van der Waals surface area (Å²) in [6.45, 7) is 3.84. The maximum absolute atomic E-state index is 13.4. The maximum Gasteiger partial charge on any atom is 0.270 e. The number of halogens is 1. The third kappa shape index (κ3) is 4.48. The van der Waals surface area contributed by atoms with Gasteiger partial charge in [-0.1, -0.05) is 23.7 Å². The number of amides is 2. The van der Waals surface area contributed by atoms with Crippen LogP contribution in [0.1, 0.15) is 53.2 Å². The van der Waals surface area contributed by atoms with Gasteiger partial charge in [0.15, 0.2) is 9.84 Å². The lowest BCUT2D eigenvalue weighted by molar-refractivity contribution is 0.0697. The molecule has 4 N–H and O–H groups in total. The Hall–Kier alpha value is -2.40. The van der Waals surface area contributed by atoms with E-state index in [4.69, 9.17) is 17.3 Å². The lowest BCUT2D eigenvalue weighted by Crippen LogP contribution is -2.56. The molecule has 1 aromatic carbocycles. The molecule has 1 aliphatic heterocycles. The van der Waals surface area contributed by atoms with Crippen LogP contribution in [0.4, 0.5) is 0 Å². The normalized spacial score (nSPS) is 18.2. The molecular weight excluding hydrogens is 492 g/mol. The number of carbonyl (C=O) groups excluding carboxylic acids is 2. The first-order valence-corrected chi connectivity index (χ1v) is 13.4. The molecule has 4 rings (SSSR count). The molecule has 1 atom stereocenters. The summed E-state index contributed by atoms with van der Waals surface area (Å²) in [6.07, 6.45) is -0.341. The number of nitrogens with two attached hydrogens (primary N) is 1. The largest absolute Gasteiger partial charge is 0.390 e. The van der Waals surface area contributed by atoms with Gasteiger partial charge in [-0.05, 0) is 56.5 Å². The molecule has 2 amide bonds. The fourth-order valence-electron chi connectivity index (χ4n) is 4.62. The molecule has 1 aliphatic carbocycles. The maximum atomic E-state index is 13.4. The minimum absolute atomic E-state index is 0.0537. The number of benzene rings is 1. The smallest absolute Gasteiger partial charge is 0.270 e. The van der Waals surface area contributed by atoms with Gasteiger partial charge in [-0.15, -0.1) is 0 Å². The zero-order chi connectivity index (χ0) is 25.6. The number of aliphatic hydroxyl groups excluding tert-OH is 1. The molecule has 2 aliphatic rings. The Morgan fingerprint density at radius 2 is 1.86 bits per heavy atom. The second-order valence-corrected chi connectivity index (χ2v) is 13.2. The van der Waals surface area contributed by atoms with Crippen molar-refractivity contribution in [3.05, 3.63) is 58.4 Å². The van der Waals surface area contributed by atoms with Gasteiger partial charge < -0.3 is 25.6 Å². The van der Waals surface area contributed by atoms with Gasteiger partial charge in [0.2, 0.25) is 0 Å². The number of aromatic nitrogens is 1. The Kier molecular flexibility index (Phi) is 6.78. The number of hydrogen-bond donors (Lipinski definition) is 3. The van der Waals surface area contributed by atoms with E-state index >= 15 is 0 Å². The van der Waals surface area contributed by atoms with Crippen LogP contribution in [0, 0.1) is 0 Å². The summed E-state index contributed by atoms with van der Waals surface area (Å²) in [4.78, 5) is 27.6. The first kappa shape index (κ1) is 25.7. The van der Waals surface area contributed by atoms with Crippen LogP contribution >= 0.6 is 11.6 Å². The van der Waals surface area contributed by atoms with Crippen LogP contribution in [0.3, 0.4) is 0 Å². The second-order valence-electron chi connectivity index (χ2n) is 9.83. The molecule has 0 radical (unpaired) electrons. The average molecular weight is 523 g/mol. The molecule has 1 aromatic heterocycles. The Morgan fingerprint density at radius 3 is 2.46 bits per heavy atom. The van der Waals surface area contributed by atoms with Gasteiger partial charge in [-0.25, -0.2) is 8.42 Å². The average Bonchev–Trinajstić information content (AvgIpc) is 3.50. The van der Waals surface area contributed by atoms with Gasteiger partial charge in [0.25, 0.3) is 11.8 Å². The Bertz CT molecular complexity index is 1240. The van der Waals surface area contributed by atoms with Crippen LogP contribution in [0.2, 0.25) is 5.02 Å². The fourth-order valence-corrected chi connectivity index (χ4v) is 7.29. The number of fused-ring (bicyclic) bond motifs is 1. The summed E-state index contributed by atoms with van der Waals surface area (Å²) >= 11 is 5.90. The molecule has 1 saturated carbocycles. The summed E-state index contributed by atoms with van der Waals surface area (Å²) < 4.78 is 26.1. The third-order valence-corrected chi connectivity index (χ3v) is 10.8. The second kappa shape index (κ2) is 9.24. The van der Waals surface area contributed by atoms with Gasteiger partial charge in [0.1, 0.15) is 11.4 Å². The van der Waals surface area contributed by atoms with E-state index in [0.717, 1.165) is 5.56 Å². The van der Waals surface area contributed by atoms with Crippen molar-refractivity contribution in [2.45, 2.75) is 55.4 Å². The van der Waals surface area contributed by atoms with Gasteiger partial charge >= 0.3 is 0 Å². The first-order chi connectivity index (χ1) is 16.4. The minimum atomic E-state index is -3.79. The summed E-state index contributed by atoms with van der Waals surface area (Å²) in [5, 5.41) is 13.7. The lowest BCUT2D eigenvalue weighted by atomic mass is 10.1. The summed E-state index contributed by atoms with van der Waals surface area (Å²) in [5.41, 5.74) is 7.17. The Labute approximate surface area is 210 Å². The number of nitrogens with one attached hydrogen (secondary N) is 1. The molecule has 0 spiro atoms. The molecule has 2 aromatic rings. The summed E-state index contributed by atoms with van der Waals surface area (Å²) in [5.74, 6) is -0.613.